The van der Waals surface area contributed by atoms with Crippen molar-refractivity contribution in [1.29, 1.82) is 0 Å². The molecular formula is C32H30N4O3S2. The number of aromatic nitrogens is 2. The maximum atomic E-state index is 14.1. The molecule has 1 amide bonds. The monoisotopic (exact) mass is 582 g/mol. The van der Waals surface area contributed by atoms with E-state index in [4.69, 9.17) is 9.72 Å². The molecule has 0 radical (unpaired) electrons. The molecule has 208 valence electrons. The minimum Gasteiger partial charge on any atom is -0.494 e. The Bertz CT molecular complexity index is 1720. The van der Waals surface area contributed by atoms with Gasteiger partial charge in [-0.3, -0.25) is 19.1 Å². The topological polar surface area (TPSA) is 76.5 Å². The van der Waals surface area contributed by atoms with Gasteiger partial charge in [0.2, 0.25) is 5.91 Å². The highest BCUT2D eigenvalue weighted by molar-refractivity contribution is 7.99. The van der Waals surface area contributed by atoms with Crippen LogP contribution in [0.3, 0.4) is 0 Å². The predicted octanol–water partition coefficient (Wildman–Crippen LogP) is 6.14. The average Bonchev–Trinajstić information content (AvgIpc) is 3.36. The Morgan fingerprint density at radius 2 is 1.76 bits per heavy atom. The first kappa shape index (κ1) is 27.3. The van der Waals surface area contributed by atoms with Crippen LogP contribution in [0.1, 0.15) is 22.9 Å². The third kappa shape index (κ3) is 6.07. The molecular weight excluding hydrogens is 553 g/mol. The first-order chi connectivity index (χ1) is 20.1. The third-order valence-electron chi connectivity index (χ3n) is 6.97. The summed E-state index contributed by atoms with van der Waals surface area (Å²) in [5.74, 6) is 0.703. The maximum absolute atomic E-state index is 14.1. The van der Waals surface area contributed by atoms with Gasteiger partial charge in [0.15, 0.2) is 5.16 Å². The van der Waals surface area contributed by atoms with E-state index in [2.05, 4.69) is 34.5 Å². The van der Waals surface area contributed by atoms with Crippen molar-refractivity contribution in [2.45, 2.75) is 31.6 Å². The second-order valence-electron chi connectivity index (χ2n) is 9.79. The standard InChI is InChI=1S/C32H30N4O3S2/c1-2-39-25-15-13-23(14-16-25)33-28(37)21-40-32-34-30-29(31(38)36(32)24-11-7-4-8-12-24)26-17-18-35(20-27(26)41-30)19-22-9-5-3-6-10-22/h3-16H,2,17-21H2,1H3,(H,33,37). The van der Waals surface area contributed by atoms with Crippen LogP contribution < -0.4 is 15.6 Å². The zero-order chi connectivity index (χ0) is 28.2. The summed E-state index contributed by atoms with van der Waals surface area (Å²) in [5, 5.41) is 4.14. The molecule has 5 aromatic rings. The molecule has 3 aromatic carbocycles. The van der Waals surface area contributed by atoms with Gasteiger partial charge in [-0.2, -0.15) is 0 Å². The summed E-state index contributed by atoms with van der Waals surface area (Å²) in [4.78, 5) is 36.2. The Hall–Kier alpha value is -3.92. The molecule has 0 saturated carbocycles. The molecule has 0 saturated heterocycles. The van der Waals surface area contributed by atoms with E-state index in [0.717, 1.165) is 47.9 Å². The highest BCUT2D eigenvalue weighted by atomic mass is 32.2. The summed E-state index contributed by atoms with van der Waals surface area (Å²) in [6.07, 6.45) is 0.810. The Morgan fingerprint density at radius 3 is 2.49 bits per heavy atom. The predicted molar refractivity (Wildman–Crippen MR) is 166 cm³/mol. The molecule has 41 heavy (non-hydrogen) atoms. The van der Waals surface area contributed by atoms with Crippen LogP contribution in [0.4, 0.5) is 5.69 Å². The van der Waals surface area contributed by atoms with Gasteiger partial charge in [-0.25, -0.2) is 4.98 Å². The molecule has 0 unspecified atom stereocenters. The number of anilines is 1. The highest BCUT2D eigenvalue weighted by Gasteiger charge is 2.26. The molecule has 1 aliphatic rings. The summed E-state index contributed by atoms with van der Waals surface area (Å²) < 4.78 is 7.13. The zero-order valence-electron chi connectivity index (χ0n) is 22.7. The van der Waals surface area contributed by atoms with Crippen molar-refractivity contribution in [3.8, 4) is 11.4 Å². The van der Waals surface area contributed by atoms with E-state index in [1.54, 1.807) is 15.9 Å². The molecule has 6 rings (SSSR count). The summed E-state index contributed by atoms with van der Waals surface area (Å²) in [6, 6.07) is 27.3. The molecule has 3 heterocycles. The quantitative estimate of drug-likeness (QED) is 0.166. The zero-order valence-corrected chi connectivity index (χ0v) is 24.3. The van der Waals surface area contributed by atoms with Crippen molar-refractivity contribution in [3.05, 3.63) is 111 Å². The number of hydrogen-bond donors (Lipinski definition) is 1. The first-order valence-corrected chi connectivity index (χ1v) is 15.4. The van der Waals surface area contributed by atoms with Crippen molar-refractivity contribution in [2.24, 2.45) is 0 Å². The van der Waals surface area contributed by atoms with Gasteiger partial charge in [-0.05, 0) is 60.9 Å². The highest BCUT2D eigenvalue weighted by Crippen LogP contribution is 2.35. The van der Waals surface area contributed by atoms with E-state index in [-0.39, 0.29) is 17.2 Å². The Kier molecular flexibility index (Phi) is 8.18. The number of benzene rings is 3. The summed E-state index contributed by atoms with van der Waals surface area (Å²) in [6.45, 7) is 5.08. The number of thioether (sulfide) groups is 1. The molecule has 1 aliphatic heterocycles. The molecule has 0 aliphatic carbocycles. The van der Waals surface area contributed by atoms with Crippen molar-refractivity contribution >= 4 is 44.9 Å². The lowest BCUT2D eigenvalue weighted by Crippen LogP contribution is -2.30. The molecule has 7 nitrogen and oxygen atoms in total. The molecule has 0 fully saturated rings. The molecule has 9 heteroatoms. The number of carbonyl (C=O) groups is 1. The van der Waals surface area contributed by atoms with Crippen LogP contribution in [0, 0.1) is 0 Å². The van der Waals surface area contributed by atoms with E-state index in [9.17, 15) is 9.59 Å². The number of hydrogen-bond acceptors (Lipinski definition) is 7. The van der Waals surface area contributed by atoms with Crippen LogP contribution in [-0.4, -0.2) is 39.3 Å². The molecule has 0 bridgehead atoms. The lowest BCUT2D eigenvalue weighted by atomic mass is 10.0. The molecule has 0 atom stereocenters. The fourth-order valence-corrected chi connectivity index (χ4v) is 7.20. The van der Waals surface area contributed by atoms with Gasteiger partial charge in [0.1, 0.15) is 10.6 Å². The normalized spacial score (nSPS) is 13.2. The van der Waals surface area contributed by atoms with Gasteiger partial charge in [0.25, 0.3) is 5.56 Å². The number of rotatable bonds is 9. The smallest absolute Gasteiger partial charge is 0.267 e. The number of thiophene rings is 1. The number of ether oxygens (including phenoxy) is 1. The fraction of sp³-hybridized carbons (Fsp3) is 0.219. The number of amides is 1. The average molecular weight is 583 g/mol. The van der Waals surface area contributed by atoms with Gasteiger partial charge >= 0.3 is 0 Å². The van der Waals surface area contributed by atoms with Crippen LogP contribution in [0.15, 0.2) is 94.9 Å². The van der Waals surface area contributed by atoms with Crippen LogP contribution in [0.2, 0.25) is 0 Å². The second-order valence-corrected chi connectivity index (χ2v) is 11.8. The van der Waals surface area contributed by atoms with Gasteiger partial charge < -0.3 is 10.1 Å². The minimum absolute atomic E-state index is 0.0790. The Balaban J connectivity index is 1.27. The minimum atomic E-state index is -0.171. The first-order valence-electron chi connectivity index (χ1n) is 13.6. The number of nitrogens with one attached hydrogen (secondary N) is 1. The third-order valence-corrected chi connectivity index (χ3v) is 9.02. The van der Waals surface area contributed by atoms with Crippen molar-refractivity contribution in [1.82, 2.24) is 14.5 Å². The van der Waals surface area contributed by atoms with Crippen LogP contribution in [-0.2, 0) is 24.3 Å². The van der Waals surface area contributed by atoms with Crippen molar-refractivity contribution in [2.75, 3.05) is 24.2 Å². The lowest BCUT2D eigenvalue weighted by Gasteiger charge is -2.26. The van der Waals surface area contributed by atoms with E-state index in [1.807, 2.05) is 67.6 Å². The van der Waals surface area contributed by atoms with Crippen LogP contribution in [0.25, 0.3) is 15.9 Å². The molecule has 2 aromatic heterocycles. The summed E-state index contributed by atoms with van der Waals surface area (Å²) in [7, 11) is 0. The molecule has 1 N–H and O–H groups in total. The van der Waals surface area contributed by atoms with Crippen molar-refractivity contribution in [3.63, 3.8) is 0 Å². The molecule has 0 spiro atoms. The number of nitrogens with zero attached hydrogens (tertiary/aromatic N) is 3. The van der Waals surface area contributed by atoms with Crippen LogP contribution >= 0.6 is 23.1 Å². The van der Waals surface area contributed by atoms with Crippen LogP contribution in [0.5, 0.6) is 5.75 Å². The Labute approximate surface area is 246 Å². The van der Waals surface area contributed by atoms with Gasteiger partial charge in [0, 0.05) is 30.2 Å². The summed E-state index contributed by atoms with van der Waals surface area (Å²) in [5.41, 5.74) is 3.74. The lowest BCUT2D eigenvalue weighted by molar-refractivity contribution is -0.113. The van der Waals surface area contributed by atoms with E-state index in [0.29, 0.717) is 22.8 Å². The van der Waals surface area contributed by atoms with Crippen molar-refractivity contribution < 1.29 is 9.53 Å². The number of carbonyl (C=O) groups excluding carboxylic acids is 1. The summed E-state index contributed by atoms with van der Waals surface area (Å²) >= 11 is 2.87. The van der Waals surface area contributed by atoms with E-state index < -0.39 is 0 Å². The van der Waals surface area contributed by atoms with E-state index >= 15 is 0 Å². The van der Waals surface area contributed by atoms with Gasteiger partial charge in [-0.1, -0.05) is 60.3 Å². The van der Waals surface area contributed by atoms with E-state index in [1.165, 1.54) is 22.2 Å². The largest absolute Gasteiger partial charge is 0.494 e. The van der Waals surface area contributed by atoms with Gasteiger partial charge in [-0.15, -0.1) is 11.3 Å². The second kappa shape index (κ2) is 12.3. The van der Waals surface area contributed by atoms with Gasteiger partial charge in [0.05, 0.1) is 23.4 Å². The maximum Gasteiger partial charge on any atom is 0.267 e. The number of fused-ring (bicyclic) bond motifs is 3. The fourth-order valence-electron chi connectivity index (χ4n) is 5.08. The SMILES string of the molecule is CCOc1ccc(NC(=O)CSc2nc3sc4c(c3c(=O)n2-c2ccccc2)CCN(Cc2ccccc2)C4)cc1. The Morgan fingerprint density at radius 1 is 1.02 bits per heavy atom. The number of para-hydroxylation sites is 1.